The predicted octanol–water partition coefficient (Wildman–Crippen LogP) is 3.49. The summed E-state index contributed by atoms with van der Waals surface area (Å²) < 4.78 is 53.5. The van der Waals surface area contributed by atoms with Crippen LogP contribution in [0.15, 0.2) is 47.4 Å². The molecular weight excluding hydrogens is 308 g/mol. The average Bonchev–Trinajstić information content (AvgIpc) is 2.49. The van der Waals surface area contributed by atoms with E-state index in [9.17, 15) is 17.2 Å². The lowest BCUT2D eigenvalue weighted by Crippen LogP contribution is -2.42. The van der Waals surface area contributed by atoms with Crippen molar-refractivity contribution in [2.24, 2.45) is 0 Å². The number of fused-ring (bicyclic) bond motifs is 1. The molecule has 0 spiro atoms. The number of nitrogens with zero attached hydrogens (tertiary/aromatic N) is 1. The number of halogens is 2. The fourth-order valence-electron chi connectivity index (χ4n) is 2.77. The molecule has 0 aliphatic carbocycles. The summed E-state index contributed by atoms with van der Waals surface area (Å²) in [6.45, 7) is 1.81. The molecule has 116 valence electrons. The maximum absolute atomic E-state index is 13.4. The molecule has 6 heteroatoms. The first-order valence-electron chi connectivity index (χ1n) is 6.98. The van der Waals surface area contributed by atoms with Crippen molar-refractivity contribution in [1.82, 2.24) is 0 Å². The summed E-state index contributed by atoms with van der Waals surface area (Å²) in [5.41, 5.74) is 1.54. The Balaban J connectivity index is 2.14. The Kier molecular flexibility index (Phi) is 3.64. The Morgan fingerprint density at radius 2 is 1.82 bits per heavy atom. The summed E-state index contributed by atoms with van der Waals surface area (Å²) >= 11 is 0. The fraction of sp³-hybridized carbons (Fsp3) is 0.250. The third-order valence-corrected chi connectivity index (χ3v) is 5.83. The molecule has 0 radical (unpaired) electrons. The van der Waals surface area contributed by atoms with Crippen molar-refractivity contribution in [2.75, 3.05) is 4.31 Å². The van der Waals surface area contributed by atoms with E-state index in [0.29, 0.717) is 12.1 Å². The van der Waals surface area contributed by atoms with Crippen molar-refractivity contribution >= 4 is 15.7 Å². The van der Waals surface area contributed by atoms with Gasteiger partial charge in [-0.25, -0.2) is 17.2 Å². The van der Waals surface area contributed by atoms with E-state index in [0.717, 1.165) is 30.2 Å². The molecule has 1 unspecified atom stereocenters. The lowest BCUT2D eigenvalue weighted by molar-refractivity contribution is 0.504. The van der Waals surface area contributed by atoms with Gasteiger partial charge in [-0.2, -0.15) is 0 Å². The highest BCUT2D eigenvalue weighted by atomic mass is 32.2. The molecule has 0 saturated heterocycles. The molecule has 1 aliphatic rings. The van der Waals surface area contributed by atoms with E-state index in [2.05, 4.69) is 0 Å². The van der Waals surface area contributed by atoms with Gasteiger partial charge in [-0.05, 0) is 49.6 Å². The van der Waals surface area contributed by atoms with Gasteiger partial charge in [0.15, 0.2) is 11.6 Å². The number of hydrogen-bond donors (Lipinski definition) is 0. The molecule has 3 rings (SSSR count). The zero-order valence-corrected chi connectivity index (χ0v) is 12.8. The number of benzene rings is 2. The highest BCUT2D eigenvalue weighted by molar-refractivity contribution is 7.92. The molecule has 1 atom stereocenters. The summed E-state index contributed by atoms with van der Waals surface area (Å²) in [7, 11) is -3.94. The zero-order chi connectivity index (χ0) is 15.9. The monoisotopic (exact) mass is 323 g/mol. The Labute approximate surface area is 128 Å². The molecule has 0 amide bonds. The van der Waals surface area contributed by atoms with Crippen molar-refractivity contribution in [2.45, 2.75) is 30.7 Å². The van der Waals surface area contributed by atoms with Crippen LogP contribution >= 0.6 is 0 Å². The van der Waals surface area contributed by atoms with Crippen molar-refractivity contribution < 1.29 is 17.2 Å². The van der Waals surface area contributed by atoms with E-state index in [1.54, 1.807) is 12.1 Å². The van der Waals surface area contributed by atoms with E-state index in [-0.39, 0.29) is 10.9 Å². The Morgan fingerprint density at radius 1 is 1.09 bits per heavy atom. The molecule has 3 nitrogen and oxygen atoms in total. The number of aryl methyl sites for hydroxylation is 1. The van der Waals surface area contributed by atoms with E-state index >= 15 is 0 Å². The van der Waals surface area contributed by atoms with Crippen LogP contribution in [0.1, 0.15) is 18.9 Å². The van der Waals surface area contributed by atoms with E-state index < -0.39 is 21.7 Å². The van der Waals surface area contributed by atoms with Gasteiger partial charge >= 0.3 is 0 Å². The molecule has 0 saturated carbocycles. The molecule has 22 heavy (non-hydrogen) atoms. The first-order chi connectivity index (χ1) is 10.4. The third kappa shape index (κ3) is 2.37. The first-order valence-corrected chi connectivity index (χ1v) is 8.42. The Bertz CT molecular complexity index is 821. The van der Waals surface area contributed by atoms with Gasteiger partial charge in [0.05, 0.1) is 10.6 Å². The minimum atomic E-state index is -3.94. The van der Waals surface area contributed by atoms with Crippen molar-refractivity contribution in [3.05, 3.63) is 59.7 Å². The van der Waals surface area contributed by atoms with Crippen LogP contribution in [-0.4, -0.2) is 14.5 Å². The maximum atomic E-state index is 13.4. The van der Waals surface area contributed by atoms with Gasteiger partial charge in [0.25, 0.3) is 10.0 Å². The van der Waals surface area contributed by atoms with Crippen LogP contribution in [0.3, 0.4) is 0 Å². The number of hydrogen-bond acceptors (Lipinski definition) is 2. The number of para-hydroxylation sites is 1. The van der Waals surface area contributed by atoms with Gasteiger partial charge in [0, 0.05) is 6.04 Å². The van der Waals surface area contributed by atoms with Gasteiger partial charge < -0.3 is 0 Å². The summed E-state index contributed by atoms with van der Waals surface area (Å²) in [4.78, 5) is -0.241. The van der Waals surface area contributed by atoms with Gasteiger partial charge in [0.2, 0.25) is 0 Å². The van der Waals surface area contributed by atoms with Gasteiger partial charge in [-0.3, -0.25) is 4.31 Å². The molecule has 1 aliphatic heterocycles. The van der Waals surface area contributed by atoms with Crippen LogP contribution in [0.4, 0.5) is 14.5 Å². The summed E-state index contributed by atoms with van der Waals surface area (Å²) in [6, 6.07) is 9.67. The third-order valence-electron chi connectivity index (χ3n) is 3.91. The van der Waals surface area contributed by atoms with E-state index in [1.807, 2.05) is 19.1 Å². The van der Waals surface area contributed by atoms with Crippen LogP contribution in [0.25, 0.3) is 0 Å². The molecule has 1 heterocycles. The minimum Gasteiger partial charge on any atom is -0.263 e. The quantitative estimate of drug-likeness (QED) is 0.848. The van der Waals surface area contributed by atoms with E-state index in [1.165, 1.54) is 4.31 Å². The van der Waals surface area contributed by atoms with Crippen LogP contribution in [-0.2, 0) is 16.4 Å². The van der Waals surface area contributed by atoms with Gasteiger partial charge in [-0.15, -0.1) is 0 Å². The summed E-state index contributed by atoms with van der Waals surface area (Å²) in [5, 5.41) is 0. The predicted molar refractivity (Wildman–Crippen MR) is 80.2 cm³/mol. The minimum absolute atomic E-state index is 0.241. The highest BCUT2D eigenvalue weighted by Gasteiger charge is 2.33. The summed E-state index contributed by atoms with van der Waals surface area (Å²) in [5.74, 6) is -2.23. The summed E-state index contributed by atoms with van der Waals surface area (Å²) in [6.07, 6.45) is 1.47. The molecule has 0 bridgehead atoms. The van der Waals surface area contributed by atoms with Crippen molar-refractivity contribution in [3.8, 4) is 0 Å². The lowest BCUT2D eigenvalue weighted by Gasteiger charge is -2.36. The SMILES string of the molecule is CC1CCc2ccccc2N1S(=O)(=O)c1ccc(F)c(F)c1. The Hall–Kier alpha value is -1.95. The fourth-order valence-corrected chi connectivity index (χ4v) is 4.51. The largest absolute Gasteiger partial charge is 0.264 e. The van der Waals surface area contributed by atoms with Gasteiger partial charge in [0.1, 0.15) is 0 Å². The smallest absolute Gasteiger partial charge is 0.263 e. The van der Waals surface area contributed by atoms with Crippen molar-refractivity contribution in [3.63, 3.8) is 0 Å². The normalized spacial score (nSPS) is 18.1. The molecule has 0 aromatic heterocycles. The van der Waals surface area contributed by atoms with Crippen LogP contribution in [0, 0.1) is 11.6 Å². The molecule has 0 N–H and O–H groups in total. The first kappa shape index (κ1) is 15.0. The van der Waals surface area contributed by atoms with Crippen molar-refractivity contribution in [1.29, 1.82) is 0 Å². The number of sulfonamides is 1. The van der Waals surface area contributed by atoms with E-state index in [4.69, 9.17) is 0 Å². The zero-order valence-electron chi connectivity index (χ0n) is 12.0. The molecular formula is C16H15F2NO2S. The highest BCUT2D eigenvalue weighted by Crippen LogP contribution is 2.35. The second kappa shape index (κ2) is 5.35. The standard InChI is InChI=1S/C16H15F2NO2S/c1-11-6-7-12-4-2-3-5-16(12)19(11)22(20,21)13-8-9-14(17)15(18)10-13/h2-5,8-11H,6-7H2,1H3. The molecule has 2 aromatic carbocycles. The maximum Gasteiger partial charge on any atom is 0.264 e. The second-order valence-corrected chi connectivity index (χ2v) is 7.21. The van der Waals surface area contributed by atoms with Crippen LogP contribution < -0.4 is 4.31 Å². The number of rotatable bonds is 2. The van der Waals surface area contributed by atoms with Crippen LogP contribution in [0.5, 0.6) is 0 Å². The Morgan fingerprint density at radius 3 is 2.55 bits per heavy atom. The number of anilines is 1. The van der Waals surface area contributed by atoms with Gasteiger partial charge in [-0.1, -0.05) is 18.2 Å². The second-order valence-electron chi connectivity index (χ2n) is 5.39. The topological polar surface area (TPSA) is 37.4 Å². The molecule has 2 aromatic rings. The lowest BCUT2D eigenvalue weighted by atomic mass is 9.99. The van der Waals surface area contributed by atoms with Crippen LogP contribution in [0.2, 0.25) is 0 Å². The average molecular weight is 323 g/mol. The molecule has 0 fully saturated rings.